The molecule has 1 aromatic carbocycles. The monoisotopic (exact) mass is 342 g/mol. The Balaban J connectivity index is 1.69. The number of nitrogens with zero attached hydrogens (tertiary/aromatic N) is 4. The molecule has 0 unspecified atom stereocenters. The highest BCUT2D eigenvalue weighted by atomic mass is 16.5. The molecular weight excluding hydrogens is 320 g/mol. The molecule has 4 rings (SSSR count). The van der Waals surface area contributed by atoms with Gasteiger partial charge in [-0.3, -0.25) is 4.79 Å². The third kappa shape index (κ3) is 3.24. The van der Waals surface area contributed by atoms with Gasteiger partial charge in [0.1, 0.15) is 0 Å². The summed E-state index contributed by atoms with van der Waals surface area (Å²) in [7, 11) is 0. The minimum Gasteiger partial charge on any atom is -0.481 e. The largest absolute Gasteiger partial charge is 0.481 e. The van der Waals surface area contributed by atoms with Crippen LogP contribution in [-0.4, -0.2) is 60.4 Å². The number of aromatic nitrogens is 2. The quantitative estimate of drug-likeness (QED) is 0.910. The van der Waals surface area contributed by atoms with E-state index >= 15 is 0 Å². The van der Waals surface area contributed by atoms with Gasteiger partial charge in [0.15, 0.2) is 11.6 Å². The zero-order chi connectivity index (χ0) is 17.2. The maximum absolute atomic E-state index is 11.2. The van der Waals surface area contributed by atoms with Crippen LogP contribution in [0, 0.1) is 5.92 Å². The first-order chi connectivity index (χ1) is 12.2. The third-order valence-corrected chi connectivity index (χ3v) is 4.99. The van der Waals surface area contributed by atoms with Crippen LogP contribution in [0.5, 0.6) is 0 Å². The number of ether oxygens (including phenoxy) is 1. The first kappa shape index (κ1) is 16.1. The Labute approximate surface area is 146 Å². The number of hydrogen-bond donors (Lipinski definition) is 1. The lowest BCUT2D eigenvalue weighted by atomic mass is 9.97. The summed E-state index contributed by atoms with van der Waals surface area (Å²) in [6, 6.07) is 7.88. The Morgan fingerprint density at radius 1 is 0.960 bits per heavy atom. The molecule has 7 heteroatoms. The molecule has 2 saturated heterocycles. The molecule has 0 atom stereocenters. The molecule has 1 N–H and O–H groups in total. The highest BCUT2D eigenvalue weighted by molar-refractivity contribution is 5.81. The van der Waals surface area contributed by atoms with E-state index in [1.165, 1.54) is 0 Å². The van der Waals surface area contributed by atoms with Crippen molar-refractivity contribution in [1.29, 1.82) is 0 Å². The van der Waals surface area contributed by atoms with Gasteiger partial charge in [0.25, 0.3) is 0 Å². The number of carboxylic acid groups (broad SMARTS) is 1. The summed E-state index contributed by atoms with van der Waals surface area (Å²) in [6.07, 6.45) is 1.29. The van der Waals surface area contributed by atoms with Gasteiger partial charge in [0.05, 0.1) is 30.2 Å². The summed E-state index contributed by atoms with van der Waals surface area (Å²) in [5.41, 5.74) is 1.75. The topological polar surface area (TPSA) is 78.8 Å². The van der Waals surface area contributed by atoms with E-state index in [4.69, 9.17) is 14.7 Å². The Morgan fingerprint density at radius 2 is 1.48 bits per heavy atom. The lowest BCUT2D eigenvalue weighted by Crippen LogP contribution is -2.41. The van der Waals surface area contributed by atoms with Gasteiger partial charge >= 0.3 is 5.97 Å². The van der Waals surface area contributed by atoms with Crippen molar-refractivity contribution in [2.24, 2.45) is 5.92 Å². The molecule has 0 radical (unpaired) electrons. The van der Waals surface area contributed by atoms with Gasteiger partial charge in [-0.2, -0.15) is 0 Å². The van der Waals surface area contributed by atoms with Crippen molar-refractivity contribution in [3.8, 4) is 0 Å². The van der Waals surface area contributed by atoms with Crippen LogP contribution in [0.1, 0.15) is 12.8 Å². The van der Waals surface area contributed by atoms with Crippen molar-refractivity contribution in [2.45, 2.75) is 12.8 Å². The number of rotatable bonds is 3. The molecule has 3 heterocycles. The minimum absolute atomic E-state index is 0.253. The molecule has 0 bridgehead atoms. The smallest absolute Gasteiger partial charge is 0.306 e. The van der Waals surface area contributed by atoms with Gasteiger partial charge in [0.2, 0.25) is 0 Å². The number of hydrogen-bond acceptors (Lipinski definition) is 6. The molecule has 2 aliphatic rings. The van der Waals surface area contributed by atoms with Crippen LogP contribution in [-0.2, 0) is 9.53 Å². The number of benzene rings is 1. The number of fused-ring (bicyclic) bond motifs is 1. The van der Waals surface area contributed by atoms with Gasteiger partial charge in [-0.05, 0) is 25.0 Å². The third-order valence-electron chi connectivity index (χ3n) is 4.99. The molecule has 0 amide bonds. The Morgan fingerprint density at radius 3 is 2.00 bits per heavy atom. The highest BCUT2D eigenvalue weighted by Gasteiger charge is 2.28. The maximum atomic E-state index is 11.2. The molecule has 2 aromatic rings. The number of para-hydroxylation sites is 2. The maximum Gasteiger partial charge on any atom is 0.306 e. The number of piperidine rings is 1. The number of aliphatic carboxylic acids is 1. The van der Waals surface area contributed by atoms with Crippen LogP contribution in [0.2, 0.25) is 0 Å². The zero-order valence-electron chi connectivity index (χ0n) is 14.1. The molecular formula is C18H22N4O3. The fourth-order valence-corrected chi connectivity index (χ4v) is 3.52. The number of anilines is 2. The van der Waals surface area contributed by atoms with E-state index in [1.54, 1.807) is 0 Å². The van der Waals surface area contributed by atoms with Crippen LogP contribution in [0.25, 0.3) is 11.0 Å². The fourth-order valence-electron chi connectivity index (χ4n) is 3.52. The van der Waals surface area contributed by atoms with Gasteiger partial charge in [-0.1, -0.05) is 12.1 Å². The standard InChI is InChI=1S/C18H22N4O3/c23-18(24)13-5-7-21(8-6-13)16-17(22-9-11-25-12-10-22)20-15-4-2-1-3-14(15)19-16/h1-4,13H,5-12H2,(H,23,24). The average Bonchev–Trinajstić information content (AvgIpc) is 2.68. The summed E-state index contributed by atoms with van der Waals surface area (Å²) in [4.78, 5) is 25.4. The Kier molecular flexibility index (Phi) is 4.40. The summed E-state index contributed by atoms with van der Waals surface area (Å²) in [5.74, 6) is 0.800. The number of morpholine rings is 1. The second-order valence-electron chi connectivity index (χ2n) is 6.56. The average molecular weight is 342 g/mol. The summed E-state index contributed by atoms with van der Waals surface area (Å²) in [6.45, 7) is 4.37. The molecule has 0 saturated carbocycles. The molecule has 2 aliphatic heterocycles. The second-order valence-corrected chi connectivity index (χ2v) is 6.56. The number of carboxylic acids is 1. The van der Waals surface area contributed by atoms with Crippen molar-refractivity contribution in [3.63, 3.8) is 0 Å². The van der Waals surface area contributed by atoms with E-state index in [-0.39, 0.29) is 5.92 Å². The van der Waals surface area contributed by atoms with Gasteiger partial charge < -0.3 is 19.6 Å². The summed E-state index contributed by atoms with van der Waals surface area (Å²) >= 11 is 0. The highest BCUT2D eigenvalue weighted by Crippen LogP contribution is 2.31. The van der Waals surface area contributed by atoms with E-state index < -0.39 is 5.97 Å². The molecule has 7 nitrogen and oxygen atoms in total. The lowest BCUT2D eigenvalue weighted by Gasteiger charge is -2.35. The number of carbonyl (C=O) groups is 1. The Bertz CT molecular complexity index is 768. The van der Waals surface area contributed by atoms with Crippen LogP contribution >= 0.6 is 0 Å². The molecule has 25 heavy (non-hydrogen) atoms. The fraction of sp³-hybridized carbons (Fsp3) is 0.500. The van der Waals surface area contributed by atoms with Gasteiger partial charge in [-0.15, -0.1) is 0 Å². The first-order valence-corrected chi connectivity index (χ1v) is 8.79. The molecule has 1 aromatic heterocycles. The normalized spacial score (nSPS) is 19.4. The minimum atomic E-state index is -0.697. The van der Waals surface area contributed by atoms with Crippen LogP contribution in [0.3, 0.4) is 0 Å². The van der Waals surface area contributed by atoms with Crippen molar-refractivity contribution < 1.29 is 14.6 Å². The SMILES string of the molecule is O=C(O)C1CCN(c2nc3ccccc3nc2N2CCOCC2)CC1. The molecule has 0 spiro atoms. The van der Waals surface area contributed by atoms with E-state index in [1.807, 2.05) is 24.3 Å². The van der Waals surface area contributed by atoms with Crippen LogP contribution in [0.4, 0.5) is 11.6 Å². The molecule has 132 valence electrons. The summed E-state index contributed by atoms with van der Waals surface area (Å²) in [5, 5.41) is 9.23. The second kappa shape index (κ2) is 6.84. The lowest BCUT2D eigenvalue weighted by molar-refractivity contribution is -0.142. The molecule has 2 fully saturated rings. The van der Waals surface area contributed by atoms with E-state index in [0.29, 0.717) is 39.1 Å². The van der Waals surface area contributed by atoms with Crippen molar-refractivity contribution in [3.05, 3.63) is 24.3 Å². The van der Waals surface area contributed by atoms with E-state index in [9.17, 15) is 9.90 Å². The summed E-state index contributed by atoms with van der Waals surface area (Å²) < 4.78 is 5.47. The predicted octanol–water partition coefficient (Wildman–Crippen LogP) is 1.77. The van der Waals surface area contributed by atoms with E-state index in [0.717, 1.165) is 35.8 Å². The van der Waals surface area contributed by atoms with E-state index in [2.05, 4.69) is 9.80 Å². The Hall–Kier alpha value is -2.41. The molecule has 0 aliphatic carbocycles. The first-order valence-electron chi connectivity index (χ1n) is 8.79. The van der Waals surface area contributed by atoms with Gasteiger partial charge in [-0.25, -0.2) is 9.97 Å². The van der Waals surface area contributed by atoms with Crippen molar-refractivity contribution >= 4 is 28.6 Å². The van der Waals surface area contributed by atoms with Gasteiger partial charge in [0, 0.05) is 26.2 Å². The van der Waals surface area contributed by atoms with Crippen LogP contribution < -0.4 is 9.80 Å². The van der Waals surface area contributed by atoms with Crippen molar-refractivity contribution in [1.82, 2.24) is 9.97 Å². The predicted molar refractivity (Wildman–Crippen MR) is 95.1 cm³/mol. The zero-order valence-corrected chi connectivity index (χ0v) is 14.1. The van der Waals surface area contributed by atoms with Crippen LogP contribution in [0.15, 0.2) is 24.3 Å². The van der Waals surface area contributed by atoms with Crippen molar-refractivity contribution in [2.75, 3.05) is 49.2 Å².